The molecule has 8 heteroatoms. The van der Waals surface area contributed by atoms with E-state index in [1.165, 1.54) is 0 Å². The maximum absolute atomic E-state index is 11.9. The average molecular weight is 356 g/mol. The zero-order chi connectivity index (χ0) is 17.4. The van der Waals surface area contributed by atoms with Gasteiger partial charge >= 0.3 is 5.97 Å². The van der Waals surface area contributed by atoms with Crippen molar-refractivity contribution in [3.8, 4) is 0 Å². The summed E-state index contributed by atoms with van der Waals surface area (Å²) in [5.41, 5.74) is 8.39. The summed E-state index contributed by atoms with van der Waals surface area (Å²) in [6.07, 6.45) is 4.39. The van der Waals surface area contributed by atoms with Crippen LogP contribution in [-0.4, -0.2) is 32.1 Å². The van der Waals surface area contributed by atoms with Gasteiger partial charge in [0.1, 0.15) is 11.8 Å². The molecular formula is C17H14ClN5O2. The smallest absolute Gasteiger partial charge is 0.338 e. The topological polar surface area (TPSA) is 95.9 Å². The molecule has 25 heavy (non-hydrogen) atoms. The van der Waals surface area contributed by atoms with Crippen LogP contribution in [0.4, 0.5) is 5.95 Å². The van der Waals surface area contributed by atoms with Crippen LogP contribution in [0.25, 0.3) is 17.4 Å². The second-order valence-corrected chi connectivity index (χ2v) is 6.12. The quantitative estimate of drug-likeness (QED) is 0.571. The van der Waals surface area contributed by atoms with Crippen LogP contribution in [0.1, 0.15) is 16.8 Å². The predicted octanol–water partition coefficient (Wildman–Crippen LogP) is 2.78. The van der Waals surface area contributed by atoms with Crippen molar-refractivity contribution in [2.75, 3.05) is 12.3 Å². The number of imidazole rings is 1. The van der Waals surface area contributed by atoms with Gasteiger partial charge in [-0.1, -0.05) is 29.8 Å². The van der Waals surface area contributed by atoms with Gasteiger partial charge in [0, 0.05) is 12.1 Å². The van der Waals surface area contributed by atoms with E-state index < -0.39 is 0 Å². The van der Waals surface area contributed by atoms with E-state index >= 15 is 0 Å². The van der Waals surface area contributed by atoms with Crippen LogP contribution in [0.5, 0.6) is 0 Å². The number of carbonyl (C=O) groups is 1. The van der Waals surface area contributed by atoms with Gasteiger partial charge in [-0.3, -0.25) is 4.57 Å². The fourth-order valence-electron chi connectivity index (χ4n) is 2.55. The number of nitrogens with two attached hydrogens (primary N) is 1. The van der Waals surface area contributed by atoms with Crippen LogP contribution in [0.2, 0.25) is 5.15 Å². The summed E-state index contributed by atoms with van der Waals surface area (Å²) >= 11 is 6.01. The number of esters is 1. The van der Waals surface area contributed by atoms with E-state index in [1.807, 2.05) is 24.4 Å². The molecule has 126 valence electrons. The normalized spacial score (nSPS) is 17.8. The molecule has 0 radical (unpaired) electrons. The van der Waals surface area contributed by atoms with Crippen molar-refractivity contribution >= 4 is 40.9 Å². The first-order valence-corrected chi connectivity index (χ1v) is 8.08. The van der Waals surface area contributed by atoms with Crippen LogP contribution in [-0.2, 0) is 4.74 Å². The number of aromatic nitrogens is 4. The largest absolute Gasteiger partial charge is 0.461 e. The van der Waals surface area contributed by atoms with Crippen LogP contribution in [0.15, 0.2) is 42.2 Å². The maximum atomic E-state index is 11.9. The average Bonchev–Trinajstić information content (AvgIpc) is 3.23. The van der Waals surface area contributed by atoms with Crippen molar-refractivity contribution < 1.29 is 9.53 Å². The Morgan fingerprint density at radius 2 is 2.16 bits per heavy atom. The Morgan fingerprint density at radius 1 is 1.36 bits per heavy atom. The monoisotopic (exact) mass is 355 g/mol. The SMILES string of the molecule is Nc1nc(Cl)c2ncn(/C=C3\CC3COC(=O)c3ccccc3)c2n1. The first-order chi connectivity index (χ1) is 12.1. The van der Waals surface area contributed by atoms with Crippen LogP contribution >= 0.6 is 11.6 Å². The zero-order valence-electron chi connectivity index (χ0n) is 13.1. The lowest BCUT2D eigenvalue weighted by molar-refractivity contribution is 0.0491. The number of nitrogens with zero attached hydrogens (tertiary/aromatic N) is 4. The van der Waals surface area contributed by atoms with Gasteiger partial charge in [0.15, 0.2) is 10.8 Å². The molecule has 1 fully saturated rings. The highest BCUT2D eigenvalue weighted by Crippen LogP contribution is 2.39. The molecule has 3 aromatic rings. The summed E-state index contributed by atoms with van der Waals surface area (Å²) in [6, 6.07) is 8.94. The highest BCUT2D eigenvalue weighted by Gasteiger charge is 2.31. The predicted molar refractivity (Wildman–Crippen MR) is 93.8 cm³/mol. The first-order valence-electron chi connectivity index (χ1n) is 7.70. The molecule has 7 nitrogen and oxygen atoms in total. The summed E-state index contributed by atoms with van der Waals surface area (Å²) in [6.45, 7) is 0.351. The minimum absolute atomic E-state index is 0.0989. The molecule has 0 bridgehead atoms. The Balaban J connectivity index is 1.44. The number of nitrogen functional groups attached to an aromatic ring is 1. The van der Waals surface area contributed by atoms with Gasteiger partial charge < -0.3 is 10.5 Å². The molecule has 1 atom stereocenters. The van der Waals surface area contributed by atoms with Gasteiger partial charge in [0.25, 0.3) is 0 Å². The van der Waals surface area contributed by atoms with E-state index in [4.69, 9.17) is 22.1 Å². The Labute approximate surface area is 148 Å². The summed E-state index contributed by atoms with van der Waals surface area (Å²) in [5, 5.41) is 0.226. The number of hydrogen-bond donors (Lipinski definition) is 1. The number of fused-ring (bicyclic) bond motifs is 1. The second-order valence-electron chi connectivity index (χ2n) is 5.77. The van der Waals surface area contributed by atoms with E-state index in [9.17, 15) is 4.79 Å². The van der Waals surface area contributed by atoms with Crippen molar-refractivity contribution in [2.24, 2.45) is 5.92 Å². The van der Waals surface area contributed by atoms with Gasteiger partial charge in [-0.25, -0.2) is 9.78 Å². The number of hydrogen-bond acceptors (Lipinski definition) is 6. The lowest BCUT2D eigenvalue weighted by atomic mass is 10.2. The zero-order valence-corrected chi connectivity index (χ0v) is 13.8. The van der Waals surface area contributed by atoms with Crippen molar-refractivity contribution in [1.82, 2.24) is 19.5 Å². The second kappa shape index (κ2) is 6.18. The van der Waals surface area contributed by atoms with Gasteiger partial charge in [0.05, 0.1) is 12.2 Å². The number of benzene rings is 1. The van der Waals surface area contributed by atoms with Gasteiger partial charge in [0.2, 0.25) is 5.95 Å². The number of halogens is 1. The number of ether oxygens (including phenoxy) is 1. The summed E-state index contributed by atoms with van der Waals surface area (Å²) < 4.78 is 7.11. The Morgan fingerprint density at radius 3 is 2.96 bits per heavy atom. The molecule has 4 rings (SSSR count). The lowest BCUT2D eigenvalue weighted by Gasteiger charge is -2.02. The standard InChI is InChI=1S/C17H14ClN5O2/c18-14-13-15(22-17(19)21-14)23(9-20-13)7-11-6-12(11)8-25-16(24)10-4-2-1-3-5-10/h1-5,7,9,12H,6,8H2,(H2,19,21,22)/b11-7+. The van der Waals surface area contributed by atoms with Gasteiger partial charge in [-0.15, -0.1) is 0 Å². The third-order valence-corrected chi connectivity index (χ3v) is 4.24. The number of rotatable bonds is 4. The maximum Gasteiger partial charge on any atom is 0.338 e. The van der Waals surface area contributed by atoms with Crippen LogP contribution in [0.3, 0.4) is 0 Å². The third kappa shape index (κ3) is 3.18. The molecule has 1 saturated carbocycles. The molecule has 0 aliphatic heterocycles. The van der Waals surface area contributed by atoms with Gasteiger partial charge in [-0.2, -0.15) is 9.97 Å². The molecule has 2 heterocycles. The minimum Gasteiger partial charge on any atom is -0.461 e. The summed E-state index contributed by atoms with van der Waals surface area (Å²) in [4.78, 5) is 24.2. The molecule has 1 aliphatic carbocycles. The van der Waals surface area contributed by atoms with E-state index in [1.54, 1.807) is 23.0 Å². The molecule has 1 aromatic carbocycles. The first kappa shape index (κ1) is 15.6. The van der Waals surface area contributed by atoms with Crippen molar-refractivity contribution in [3.05, 3.63) is 52.9 Å². The van der Waals surface area contributed by atoms with Crippen molar-refractivity contribution in [2.45, 2.75) is 6.42 Å². The Kier molecular flexibility index (Phi) is 3.85. The molecule has 0 saturated heterocycles. The molecule has 2 aromatic heterocycles. The number of carbonyl (C=O) groups excluding carboxylic acids is 1. The third-order valence-electron chi connectivity index (χ3n) is 3.97. The Bertz CT molecular complexity index is 983. The molecule has 0 spiro atoms. The van der Waals surface area contributed by atoms with E-state index in [-0.39, 0.29) is 23.0 Å². The van der Waals surface area contributed by atoms with Crippen LogP contribution in [0, 0.1) is 5.92 Å². The fourth-order valence-corrected chi connectivity index (χ4v) is 2.77. The molecule has 0 amide bonds. The summed E-state index contributed by atoms with van der Waals surface area (Å²) in [5.74, 6) is -0.00576. The lowest BCUT2D eigenvalue weighted by Crippen LogP contribution is -2.07. The molecule has 1 aliphatic rings. The highest BCUT2D eigenvalue weighted by molar-refractivity contribution is 6.33. The minimum atomic E-state index is -0.313. The molecule has 1 unspecified atom stereocenters. The molecule has 2 N–H and O–H groups in total. The summed E-state index contributed by atoms with van der Waals surface area (Å²) in [7, 11) is 0. The number of anilines is 1. The van der Waals surface area contributed by atoms with E-state index in [0.717, 1.165) is 12.0 Å². The van der Waals surface area contributed by atoms with Crippen molar-refractivity contribution in [1.29, 1.82) is 0 Å². The fraction of sp³-hybridized carbons (Fsp3) is 0.176. The Hall–Kier alpha value is -2.93. The van der Waals surface area contributed by atoms with Crippen LogP contribution < -0.4 is 5.73 Å². The van der Waals surface area contributed by atoms with E-state index in [0.29, 0.717) is 23.3 Å². The highest BCUT2D eigenvalue weighted by atomic mass is 35.5. The van der Waals surface area contributed by atoms with E-state index in [2.05, 4.69) is 15.0 Å². The molecular weight excluding hydrogens is 342 g/mol. The van der Waals surface area contributed by atoms with Gasteiger partial charge in [-0.05, 0) is 24.1 Å². The van der Waals surface area contributed by atoms with Crippen molar-refractivity contribution in [3.63, 3.8) is 0 Å².